The lowest BCUT2D eigenvalue weighted by Crippen LogP contribution is -2.05. The summed E-state index contributed by atoms with van der Waals surface area (Å²) >= 11 is 1.61. The van der Waals surface area contributed by atoms with Crippen LogP contribution in [-0.4, -0.2) is 13.7 Å². The number of benzene rings is 1. The molecule has 19 heavy (non-hydrogen) atoms. The van der Waals surface area contributed by atoms with Crippen molar-refractivity contribution in [2.24, 2.45) is 0 Å². The fourth-order valence-electron chi connectivity index (χ4n) is 1.57. The highest BCUT2D eigenvalue weighted by atomic mass is 32.1. The van der Waals surface area contributed by atoms with Gasteiger partial charge < -0.3 is 14.8 Å². The van der Waals surface area contributed by atoms with Crippen LogP contribution in [0.1, 0.15) is 5.56 Å². The van der Waals surface area contributed by atoms with E-state index in [0.29, 0.717) is 12.2 Å². The van der Waals surface area contributed by atoms with E-state index in [2.05, 4.69) is 10.1 Å². The molecule has 0 fully saturated rings. The summed E-state index contributed by atoms with van der Waals surface area (Å²) in [6.45, 7) is -2.25. The first-order chi connectivity index (χ1) is 9.19. The molecule has 0 bridgehead atoms. The zero-order valence-corrected chi connectivity index (χ0v) is 11.0. The maximum atomic E-state index is 12.3. The van der Waals surface area contributed by atoms with Gasteiger partial charge in [-0.1, -0.05) is 0 Å². The molecule has 0 aliphatic rings. The predicted molar refractivity (Wildman–Crippen MR) is 71.3 cm³/mol. The Morgan fingerprint density at radius 3 is 2.74 bits per heavy atom. The SMILES string of the molecule is COc1ccc(NCc2ccsc2)cc1OC(F)F. The minimum absolute atomic E-state index is 0.0211. The fourth-order valence-corrected chi connectivity index (χ4v) is 2.24. The van der Waals surface area contributed by atoms with E-state index in [1.54, 1.807) is 23.5 Å². The summed E-state index contributed by atoms with van der Waals surface area (Å²) in [7, 11) is 1.41. The summed E-state index contributed by atoms with van der Waals surface area (Å²) < 4.78 is 33.9. The number of rotatable bonds is 6. The van der Waals surface area contributed by atoms with Crippen LogP contribution >= 0.6 is 11.3 Å². The van der Waals surface area contributed by atoms with Gasteiger partial charge in [0, 0.05) is 18.3 Å². The predicted octanol–water partition coefficient (Wildman–Crippen LogP) is 3.97. The first kappa shape index (κ1) is 13.6. The largest absolute Gasteiger partial charge is 0.493 e. The molecule has 0 aliphatic heterocycles. The van der Waals surface area contributed by atoms with Crippen LogP contribution in [0.3, 0.4) is 0 Å². The third-order valence-electron chi connectivity index (χ3n) is 2.46. The van der Waals surface area contributed by atoms with Crippen molar-refractivity contribution < 1.29 is 18.3 Å². The second kappa shape index (κ2) is 6.38. The Balaban J connectivity index is 2.08. The lowest BCUT2D eigenvalue weighted by atomic mass is 10.2. The van der Waals surface area contributed by atoms with Crippen molar-refractivity contribution in [2.75, 3.05) is 12.4 Å². The van der Waals surface area contributed by atoms with Crippen molar-refractivity contribution >= 4 is 17.0 Å². The highest BCUT2D eigenvalue weighted by Gasteiger charge is 2.11. The van der Waals surface area contributed by atoms with E-state index in [9.17, 15) is 8.78 Å². The van der Waals surface area contributed by atoms with Gasteiger partial charge in [-0.15, -0.1) is 0 Å². The second-order valence-corrected chi connectivity index (χ2v) is 4.51. The van der Waals surface area contributed by atoms with Crippen LogP contribution in [0.15, 0.2) is 35.0 Å². The molecule has 6 heteroatoms. The minimum atomic E-state index is -2.87. The van der Waals surface area contributed by atoms with Crippen LogP contribution in [0.4, 0.5) is 14.5 Å². The Labute approximate surface area is 113 Å². The normalized spacial score (nSPS) is 10.5. The third-order valence-corrected chi connectivity index (χ3v) is 3.19. The van der Waals surface area contributed by atoms with Gasteiger partial charge in [-0.2, -0.15) is 20.1 Å². The first-order valence-electron chi connectivity index (χ1n) is 5.57. The molecule has 0 unspecified atom stereocenters. The Morgan fingerprint density at radius 1 is 1.26 bits per heavy atom. The molecule has 1 heterocycles. The van der Waals surface area contributed by atoms with Crippen LogP contribution in [0, 0.1) is 0 Å². The molecule has 0 amide bonds. The number of hydrogen-bond donors (Lipinski definition) is 1. The fraction of sp³-hybridized carbons (Fsp3) is 0.231. The molecular formula is C13H13F2NO2S. The Kier molecular flexibility index (Phi) is 4.57. The maximum Gasteiger partial charge on any atom is 0.387 e. The summed E-state index contributed by atoms with van der Waals surface area (Å²) in [4.78, 5) is 0. The van der Waals surface area contributed by atoms with Crippen molar-refractivity contribution in [1.82, 2.24) is 0 Å². The quantitative estimate of drug-likeness (QED) is 0.871. The molecule has 2 rings (SSSR count). The van der Waals surface area contributed by atoms with E-state index in [0.717, 1.165) is 5.56 Å². The molecule has 0 spiro atoms. The van der Waals surface area contributed by atoms with Gasteiger partial charge in [-0.05, 0) is 34.5 Å². The lowest BCUT2D eigenvalue weighted by molar-refractivity contribution is -0.0511. The molecule has 0 radical (unpaired) electrons. The molecule has 1 aromatic carbocycles. The molecule has 0 atom stereocenters. The third kappa shape index (κ3) is 3.82. The summed E-state index contributed by atoms with van der Waals surface area (Å²) in [6, 6.07) is 6.84. The summed E-state index contributed by atoms with van der Waals surface area (Å²) in [5.41, 5.74) is 1.83. The van der Waals surface area contributed by atoms with Gasteiger partial charge in [-0.3, -0.25) is 0 Å². The van der Waals surface area contributed by atoms with Gasteiger partial charge in [0.25, 0.3) is 0 Å². The maximum absolute atomic E-state index is 12.3. The topological polar surface area (TPSA) is 30.5 Å². The number of methoxy groups -OCH3 is 1. The molecular weight excluding hydrogens is 272 g/mol. The Hall–Kier alpha value is -1.82. The van der Waals surface area contributed by atoms with Crippen LogP contribution in [0.25, 0.3) is 0 Å². The lowest BCUT2D eigenvalue weighted by Gasteiger charge is -2.12. The van der Waals surface area contributed by atoms with E-state index in [-0.39, 0.29) is 11.5 Å². The standard InChI is InChI=1S/C13H13F2NO2S/c1-17-11-3-2-10(6-12(11)18-13(14)15)16-7-9-4-5-19-8-9/h2-6,8,13,16H,7H2,1H3. The van der Waals surface area contributed by atoms with Crippen molar-refractivity contribution in [3.05, 3.63) is 40.6 Å². The van der Waals surface area contributed by atoms with Crippen molar-refractivity contribution in [3.63, 3.8) is 0 Å². The Bertz CT molecular complexity index is 517. The molecule has 0 saturated heterocycles. The first-order valence-corrected chi connectivity index (χ1v) is 6.51. The molecule has 0 aliphatic carbocycles. The number of halogens is 2. The van der Waals surface area contributed by atoms with Gasteiger partial charge in [0.05, 0.1) is 7.11 Å². The van der Waals surface area contributed by atoms with Crippen molar-refractivity contribution in [3.8, 4) is 11.5 Å². The van der Waals surface area contributed by atoms with Crippen molar-refractivity contribution in [2.45, 2.75) is 13.2 Å². The van der Waals surface area contributed by atoms with Crippen LogP contribution < -0.4 is 14.8 Å². The minimum Gasteiger partial charge on any atom is -0.493 e. The van der Waals surface area contributed by atoms with Crippen LogP contribution in [0.5, 0.6) is 11.5 Å². The molecule has 2 aromatic rings. The number of anilines is 1. The highest BCUT2D eigenvalue weighted by Crippen LogP contribution is 2.31. The van der Waals surface area contributed by atoms with E-state index in [1.807, 2.05) is 16.8 Å². The second-order valence-electron chi connectivity index (χ2n) is 3.73. The van der Waals surface area contributed by atoms with Gasteiger partial charge in [0.15, 0.2) is 11.5 Å². The number of hydrogen-bond acceptors (Lipinski definition) is 4. The average Bonchev–Trinajstić information content (AvgIpc) is 2.89. The van der Waals surface area contributed by atoms with E-state index in [4.69, 9.17) is 4.74 Å². The molecule has 102 valence electrons. The molecule has 1 N–H and O–H groups in total. The van der Waals surface area contributed by atoms with E-state index in [1.165, 1.54) is 13.2 Å². The number of ether oxygens (including phenoxy) is 2. The van der Waals surface area contributed by atoms with Gasteiger partial charge in [-0.25, -0.2) is 0 Å². The summed E-state index contributed by atoms with van der Waals surface area (Å²) in [6.07, 6.45) is 0. The van der Waals surface area contributed by atoms with Crippen LogP contribution in [0.2, 0.25) is 0 Å². The Morgan fingerprint density at radius 2 is 2.11 bits per heavy atom. The number of alkyl halides is 2. The monoisotopic (exact) mass is 285 g/mol. The van der Waals surface area contributed by atoms with Gasteiger partial charge >= 0.3 is 6.61 Å². The van der Waals surface area contributed by atoms with Gasteiger partial charge in [0.1, 0.15) is 0 Å². The van der Waals surface area contributed by atoms with E-state index < -0.39 is 6.61 Å². The summed E-state index contributed by atoms with van der Waals surface area (Å²) in [5, 5.41) is 7.14. The van der Waals surface area contributed by atoms with Gasteiger partial charge in [0.2, 0.25) is 0 Å². The number of thiophene rings is 1. The van der Waals surface area contributed by atoms with Crippen molar-refractivity contribution in [1.29, 1.82) is 0 Å². The van der Waals surface area contributed by atoms with E-state index >= 15 is 0 Å². The number of nitrogens with one attached hydrogen (secondary N) is 1. The average molecular weight is 285 g/mol. The molecule has 3 nitrogen and oxygen atoms in total. The molecule has 0 saturated carbocycles. The smallest absolute Gasteiger partial charge is 0.387 e. The highest BCUT2D eigenvalue weighted by molar-refractivity contribution is 7.07. The van der Waals surface area contributed by atoms with Crippen LogP contribution in [-0.2, 0) is 6.54 Å². The zero-order valence-electron chi connectivity index (χ0n) is 10.2. The summed E-state index contributed by atoms with van der Waals surface area (Å²) in [5.74, 6) is 0.300. The molecule has 1 aromatic heterocycles. The zero-order chi connectivity index (χ0) is 13.7.